The number of hydrogen-bond donors (Lipinski definition) is 0. The molecule has 0 saturated carbocycles. The zero-order valence-corrected chi connectivity index (χ0v) is 16.6. The summed E-state index contributed by atoms with van der Waals surface area (Å²) in [4.78, 5) is 4.40. The molecule has 0 unspecified atom stereocenters. The van der Waals surface area contributed by atoms with Gasteiger partial charge in [0.1, 0.15) is 17.0 Å². The summed E-state index contributed by atoms with van der Waals surface area (Å²) in [7, 11) is 0. The Hall–Kier alpha value is -3.05. The summed E-state index contributed by atoms with van der Waals surface area (Å²) in [5.41, 5.74) is 5.09. The van der Waals surface area contributed by atoms with E-state index in [9.17, 15) is 4.39 Å². The second-order valence-electron chi connectivity index (χ2n) is 6.76. The minimum absolute atomic E-state index is 0.333. The molecule has 5 rings (SSSR count). The largest absolute Gasteiger partial charge is 0.252 e. The molecule has 0 fully saturated rings. The Labute approximate surface area is 169 Å². The van der Waals surface area contributed by atoms with Crippen LogP contribution in [0.2, 0.25) is 0 Å². The lowest BCUT2D eigenvalue weighted by molar-refractivity contribution is 0.637. The molecule has 0 atom stereocenters. The van der Waals surface area contributed by atoms with Gasteiger partial charge in [-0.2, -0.15) is 5.10 Å². The predicted molar refractivity (Wildman–Crippen MR) is 114 cm³/mol. The molecule has 0 N–H and O–H groups in total. The molecule has 0 aliphatic carbocycles. The number of hydrogen-bond acceptors (Lipinski definition) is 2. The molecule has 5 heteroatoms. The fraction of sp³-hybridized carbons (Fsp3) is 0.0435. The second-order valence-corrected chi connectivity index (χ2v) is 7.68. The number of rotatable bonds is 2. The monoisotopic (exact) mass is 431 g/mol. The van der Waals surface area contributed by atoms with E-state index in [1.165, 1.54) is 11.6 Å². The Balaban J connectivity index is 1.92. The molecule has 2 heterocycles. The lowest BCUT2D eigenvalue weighted by Crippen LogP contribution is -1.97. The SMILES string of the molecule is Cc1ccc(-n2nc(-c3cccc(Br)c3)c3cnc4c(F)cccc4c32)cc1. The molecule has 0 aliphatic heterocycles. The first-order valence-corrected chi connectivity index (χ1v) is 9.70. The molecule has 28 heavy (non-hydrogen) atoms. The van der Waals surface area contributed by atoms with E-state index >= 15 is 0 Å². The lowest BCUT2D eigenvalue weighted by Gasteiger charge is -2.06. The standard InChI is InChI=1S/C23H15BrFN3/c1-14-8-10-17(11-9-14)28-23-18-6-3-7-20(25)22(18)26-13-19(23)21(27-28)15-4-2-5-16(24)12-15/h2-13H,1H3. The maximum atomic E-state index is 14.4. The second kappa shape index (κ2) is 6.53. The Morgan fingerprint density at radius 3 is 2.50 bits per heavy atom. The Kier molecular flexibility index (Phi) is 3.98. The third kappa shape index (κ3) is 2.70. The van der Waals surface area contributed by atoms with Gasteiger partial charge in [-0.1, -0.05) is 57.9 Å². The number of halogens is 2. The highest BCUT2D eigenvalue weighted by Crippen LogP contribution is 2.35. The summed E-state index contributed by atoms with van der Waals surface area (Å²) in [6, 6.07) is 21.2. The molecule has 0 amide bonds. The fourth-order valence-electron chi connectivity index (χ4n) is 3.50. The molecule has 0 bridgehead atoms. The van der Waals surface area contributed by atoms with Crippen molar-refractivity contribution >= 4 is 37.7 Å². The van der Waals surface area contributed by atoms with E-state index in [2.05, 4.69) is 20.9 Å². The smallest absolute Gasteiger partial charge is 0.149 e. The fourth-order valence-corrected chi connectivity index (χ4v) is 3.90. The minimum Gasteiger partial charge on any atom is -0.252 e. The van der Waals surface area contributed by atoms with Crippen molar-refractivity contribution in [3.8, 4) is 16.9 Å². The van der Waals surface area contributed by atoms with E-state index < -0.39 is 0 Å². The van der Waals surface area contributed by atoms with Crippen LogP contribution >= 0.6 is 15.9 Å². The molecule has 3 aromatic carbocycles. The van der Waals surface area contributed by atoms with E-state index in [1.54, 1.807) is 12.3 Å². The van der Waals surface area contributed by atoms with Crippen LogP contribution in [0, 0.1) is 12.7 Å². The number of para-hydroxylation sites is 1. The van der Waals surface area contributed by atoms with Gasteiger partial charge in [0.05, 0.1) is 11.2 Å². The van der Waals surface area contributed by atoms with Gasteiger partial charge in [0.2, 0.25) is 0 Å². The van der Waals surface area contributed by atoms with Gasteiger partial charge in [-0.15, -0.1) is 0 Å². The Morgan fingerprint density at radius 1 is 0.929 bits per heavy atom. The van der Waals surface area contributed by atoms with E-state index in [0.717, 1.165) is 37.7 Å². The van der Waals surface area contributed by atoms with Crippen LogP contribution in [-0.2, 0) is 0 Å². The number of aryl methyl sites for hydroxylation is 1. The van der Waals surface area contributed by atoms with Gasteiger partial charge in [0.15, 0.2) is 0 Å². The summed E-state index contributed by atoms with van der Waals surface area (Å²) >= 11 is 3.53. The first-order valence-electron chi connectivity index (χ1n) is 8.91. The molecule has 0 radical (unpaired) electrons. The summed E-state index contributed by atoms with van der Waals surface area (Å²) in [6.07, 6.45) is 1.72. The zero-order chi connectivity index (χ0) is 19.3. The van der Waals surface area contributed by atoms with Gasteiger partial charge in [-0.3, -0.25) is 4.98 Å². The molecule has 5 aromatic rings. The van der Waals surface area contributed by atoms with Crippen molar-refractivity contribution in [3.63, 3.8) is 0 Å². The third-order valence-corrected chi connectivity index (χ3v) is 5.36. The number of fused-ring (bicyclic) bond motifs is 3. The average molecular weight is 432 g/mol. The molecule has 0 saturated heterocycles. The molecular formula is C23H15BrFN3. The van der Waals surface area contributed by atoms with Crippen molar-refractivity contribution in [2.24, 2.45) is 0 Å². The van der Waals surface area contributed by atoms with Crippen LogP contribution in [0.3, 0.4) is 0 Å². The van der Waals surface area contributed by atoms with E-state index in [1.807, 2.05) is 66.2 Å². The first kappa shape index (κ1) is 17.1. The predicted octanol–water partition coefficient (Wildman–Crippen LogP) is 6.45. The highest BCUT2D eigenvalue weighted by atomic mass is 79.9. The minimum atomic E-state index is -0.333. The zero-order valence-electron chi connectivity index (χ0n) is 15.0. The van der Waals surface area contributed by atoms with Crippen LogP contribution in [0.4, 0.5) is 4.39 Å². The first-order chi connectivity index (χ1) is 13.6. The molecule has 0 aliphatic rings. The van der Waals surface area contributed by atoms with Gasteiger partial charge < -0.3 is 0 Å². The van der Waals surface area contributed by atoms with Crippen molar-refractivity contribution in [2.75, 3.05) is 0 Å². The van der Waals surface area contributed by atoms with Crippen molar-refractivity contribution in [2.45, 2.75) is 6.92 Å². The van der Waals surface area contributed by atoms with Gasteiger partial charge in [0, 0.05) is 27.0 Å². The molecule has 136 valence electrons. The van der Waals surface area contributed by atoms with Crippen LogP contribution < -0.4 is 0 Å². The maximum absolute atomic E-state index is 14.4. The Morgan fingerprint density at radius 2 is 1.71 bits per heavy atom. The number of nitrogens with zero attached hydrogens (tertiary/aromatic N) is 3. The van der Waals surface area contributed by atoms with Crippen LogP contribution in [0.15, 0.2) is 77.4 Å². The highest BCUT2D eigenvalue weighted by molar-refractivity contribution is 9.10. The normalized spacial score (nSPS) is 11.4. The maximum Gasteiger partial charge on any atom is 0.149 e. The van der Waals surface area contributed by atoms with E-state index in [-0.39, 0.29) is 5.82 Å². The van der Waals surface area contributed by atoms with Crippen LogP contribution in [0.5, 0.6) is 0 Å². The van der Waals surface area contributed by atoms with Gasteiger partial charge in [-0.25, -0.2) is 9.07 Å². The third-order valence-electron chi connectivity index (χ3n) is 4.86. The van der Waals surface area contributed by atoms with Crippen molar-refractivity contribution in [3.05, 3.63) is 88.8 Å². The number of pyridine rings is 1. The summed E-state index contributed by atoms with van der Waals surface area (Å²) in [5, 5.41) is 6.54. The van der Waals surface area contributed by atoms with Crippen molar-refractivity contribution in [1.82, 2.24) is 14.8 Å². The lowest BCUT2D eigenvalue weighted by atomic mass is 10.1. The van der Waals surface area contributed by atoms with E-state index in [0.29, 0.717) is 5.52 Å². The van der Waals surface area contributed by atoms with Crippen molar-refractivity contribution in [1.29, 1.82) is 0 Å². The number of benzene rings is 3. The van der Waals surface area contributed by atoms with Gasteiger partial charge in [0.25, 0.3) is 0 Å². The molecular weight excluding hydrogens is 417 g/mol. The van der Waals surface area contributed by atoms with Gasteiger partial charge >= 0.3 is 0 Å². The van der Waals surface area contributed by atoms with Crippen LogP contribution in [0.25, 0.3) is 38.8 Å². The topological polar surface area (TPSA) is 30.7 Å². The number of aromatic nitrogens is 3. The highest BCUT2D eigenvalue weighted by Gasteiger charge is 2.18. The summed E-state index contributed by atoms with van der Waals surface area (Å²) < 4.78 is 17.2. The van der Waals surface area contributed by atoms with Gasteiger partial charge in [-0.05, 0) is 37.3 Å². The quantitative estimate of drug-likeness (QED) is 0.321. The molecule has 0 spiro atoms. The average Bonchev–Trinajstić information content (AvgIpc) is 3.09. The molecule has 2 aromatic heterocycles. The Bertz CT molecular complexity index is 1340. The van der Waals surface area contributed by atoms with Crippen LogP contribution in [-0.4, -0.2) is 14.8 Å². The summed E-state index contributed by atoms with van der Waals surface area (Å²) in [6.45, 7) is 2.05. The van der Waals surface area contributed by atoms with E-state index in [4.69, 9.17) is 5.10 Å². The molecule has 3 nitrogen and oxygen atoms in total. The summed E-state index contributed by atoms with van der Waals surface area (Å²) in [5.74, 6) is -0.333. The van der Waals surface area contributed by atoms with Crippen LogP contribution in [0.1, 0.15) is 5.56 Å². The van der Waals surface area contributed by atoms with Crippen molar-refractivity contribution < 1.29 is 4.39 Å².